The van der Waals surface area contributed by atoms with E-state index in [0.717, 1.165) is 16.6 Å². The molecule has 11 heteroatoms. The van der Waals surface area contributed by atoms with Gasteiger partial charge in [0.25, 0.3) is 5.91 Å². The van der Waals surface area contributed by atoms with Crippen molar-refractivity contribution >= 4 is 30.4 Å². The summed E-state index contributed by atoms with van der Waals surface area (Å²) < 4.78 is 34.1. The van der Waals surface area contributed by atoms with Crippen LogP contribution in [0.15, 0.2) is 35.4 Å². The predicted molar refractivity (Wildman–Crippen MR) is 129 cm³/mol. The van der Waals surface area contributed by atoms with Crippen molar-refractivity contribution in [1.29, 1.82) is 0 Å². The molecule has 0 spiro atoms. The number of hydrogen-bond donors (Lipinski definition) is 1. The van der Waals surface area contributed by atoms with Gasteiger partial charge in [-0.05, 0) is 62.1 Å². The highest BCUT2D eigenvalue weighted by Gasteiger charge is 2.52. The lowest BCUT2D eigenvalue weighted by Gasteiger charge is -2.41. The first-order valence-corrected chi connectivity index (χ1v) is 13.8. The molecule has 3 aliphatic heterocycles. The highest BCUT2D eigenvalue weighted by molar-refractivity contribution is 7.53. The first-order valence-electron chi connectivity index (χ1n) is 12.1. The number of nitrogens with zero attached hydrogens (tertiary/aromatic N) is 2. The minimum absolute atomic E-state index is 0.127. The first-order chi connectivity index (χ1) is 17.2. The monoisotopic (exact) mass is 516 g/mol. The van der Waals surface area contributed by atoms with Gasteiger partial charge < -0.3 is 28.5 Å². The second kappa shape index (κ2) is 9.27. The molecular formula is C25H29N2O8P. The second-order valence-electron chi connectivity index (χ2n) is 9.01. The van der Waals surface area contributed by atoms with Gasteiger partial charge in [0.05, 0.1) is 36.0 Å². The van der Waals surface area contributed by atoms with E-state index in [1.165, 1.54) is 0 Å². The third kappa shape index (κ3) is 4.02. The van der Waals surface area contributed by atoms with Crippen LogP contribution in [-0.2, 0) is 34.5 Å². The molecule has 10 nitrogen and oxygen atoms in total. The normalized spacial score (nSPS) is 23.4. The van der Waals surface area contributed by atoms with E-state index in [-0.39, 0.29) is 44.5 Å². The number of hydrogen-bond acceptors (Lipinski definition) is 9. The maximum absolute atomic E-state index is 13.3. The summed E-state index contributed by atoms with van der Waals surface area (Å²) in [4.78, 5) is 32.2. The van der Waals surface area contributed by atoms with Gasteiger partial charge in [0.1, 0.15) is 12.4 Å². The molecule has 1 amide bonds. The topological polar surface area (TPSA) is 124 Å². The molecule has 3 aliphatic rings. The molecule has 2 atom stereocenters. The van der Waals surface area contributed by atoms with Crippen molar-refractivity contribution in [1.82, 2.24) is 9.88 Å². The van der Waals surface area contributed by atoms with Gasteiger partial charge in [-0.25, -0.2) is 4.79 Å². The third-order valence-electron chi connectivity index (χ3n) is 6.95. The Labute approximate surface area is 208 Å². The zero-order valence-corrected chi connectivity index (χ0v) is 21.4. The Morgan fingerprint density at radius 1 is 1.19 bits per heavy atom. The van der Waals surface area contributed by atoms with Gasteiger partial charge in [0.15, 0.2) is 11.9 Å². The fourth-order valence-electron chi connectivity index (χ4n) is 5.16. The van der Waals surface area contributed by atoms with Crippen LogP contribution < -0.4 is 4.74 Å². The summed E-state index contributed by atoms with van der Waals surface area (Å²) in [5.41, 5.74) is 1.37. The minimum Gasteiger partial charge on any atom is -0.481 e. The average molecular weight is 516 g/mol. The van der Waals surface area contributed by atoms with E-state index in [9.17, 15) is 19.3 Å². The largest absolute Gasteiger partial charge is 0.481 e. The number of rotatable bonds is 8. The Morgan fingerprint density at radius 3 is 2.64 bits per heavy atom. The zero-order chi connectivity index (χ0) is 25.7. The number of aliphatic hydroxyl groups is 1. The number of esters is 1. The predicted octanol–water partition coefficient (Wildman–Crippen LogP) is 3.62. The average Bonchev–Trinajstić information content (AvgIpc) is 3.22. The number of ether oxygens (including phenoxy) is 2. The molecule has 5 rings (SSSR count). The SMILES string of the molecule is CCOP(=O)(COc1ccc2nc3c(cc2c1)CN1C(=O)C2=C(CC31)[C@@](O)(CC)C(=O)OC2)OCC. The summed E-state index contributed by atoms with van der Waals surface area (Å²) in [6.45, 7) is 5.92. The summed E-state index contributed by atoms with van der Waals surface area (Å²) in [6, 6.07) is 6.94. The number of pyridine rings is 1. The van der Waals surface area contributed by atoms with E-state index in [4.69, 9.17) is 23.5 Å². The van der Waals surface area contributed by atoms with Crippen molar-refractivity contribution in [2.24, 2.45) is 0 Å². The maximum Gasteiger partial charge on any atom is 0.367 e. The van der Waals surface area contributed by atoms with Crippen LogP contribution in [0.3, 0.4) is 0 Å². The smallest absolute Gasteiger partial charge is 0.367 e. The Kier molecular flexibility index (Phi) is 6.41. The summed E-state index contributed by atoms with van der Waals surface area (Å²) in [6.07, 6.45) is 0.254. The van der Waals surface area contributed by atoms with Gasteiger partial charge in [-0.3, -0.25) is 14.3 Å². The number of amides is 1. The summed E-state index contributed by atoms with van der Waals surface area (Å²) in [5.74, 6) is -0.453. The molecule has 4 heterocycles. The highest BCUT2D eigenvalue weighted by atomic mass is 31.2. The molecule has 0 radical (unpaired) electrons. The number of cyclic esters (lactones) is 1. The first kappa shape index (κ1) is 24.9. The van der Waals surface area contributed by atoms with Gasteiger partial charge >= 0.3 is 13.6 Å². The van der Waals surface area contributed by atoms with Gasteiger partial charge in [-0.2, -0.15) is 0 Å². The molecule has 0 bridgehead atoms. The van der Waals surface area contributed by atoms with Crippen LogP contribution in [0.4, 0.5) is 0 Å². The zero-order valence-electron chi connectivity index (χ0n) is 20.5. The Bertz CT molecular complexity index is 1310. The van der Waals surface area contributed by atoms with E-state index in [1.54, 1.807) is 43.9 Å². The summed E-state index contributed by atoms with van der Waals surface area (Å²) in [7, 11) is -3.36. The standard InChI is InChI=1S/C25H29N2O8P/c1-4-25(30)19-11-21-22-16(12-27(21)23(28)18(19)13-32-24(25)29)9-15-10-17(7-8-20(15)26-22)33-14-36(31,34-5-2)35-6-3/h7-10,21,30H,4-6,11-14H2,1-3H3/t21?,25-/m0/s1. The van der Waals surface area contributed by atoms with Crippen LogP contribution in [-0.4, -0.2) is 58.6 Å². The number of carbonyl (C=O) groups is 2. The van der Waals surface area contributed by atoms with Gasteiger partial charge in [-0.1, -0.05) is 6.92 Å². The molecule has 0 fully saturated rings. The van der Waals surface area contributed by atoms with Crippen LogP contribution >= 0.6 is 7.60 Å². The molecule has 2 aromatic rings. The molecule has 1 aromatic carbocycles. The minimum atomic E-state index is -3.36. The molecule has 192 valence electrons. The Morgan fingerprint density at radius 2 is 1.94 bits per heavy atom. The number of fused-ring (bicyclic) bond motifs is 4. The van der Waals surface area contributed by atoms with Crippen molar-refractivity contribution in [2.75, 3.05) is 26.2 Å². The van der Waals surface area contributed by atoms with Crippen LogP contribution in [0.1, 0.15) is 50.9 Å². The lowest BCUT2D eigenvalue weighted by molar-refractivity contribution is -0.165. The maximum atomic E-state index is 13.3. The fourth-order valence-corrected chi connectivity index (χ4v) is 6.48. The molecule has 0 aliphatic carbocycles. The van der Waals surface area contributed by atoms with E-state index in [0.29, 0.717) is 35.4 Å². The Balaban J connectivity index is 1.43. The van der Waals surface area contributed by atoms with Crippen molar-refractivity contribution < 1.29 is 37.8 Å². The lowest BCUT2D eigenvalue weighted by atomic mass is 9.79. The van der Waals surface area contributed by atoms with E-state index >= 15 is 0 Å². The van der Waals surface area contributed by atoms with E-state index < -0.39 is 19.2 Å². The van der Waals surface area contributed by atoms with E-state index in [1.807, 2.05) is 6.07 Å². The van der Waals surface area contributed by atoms with Crippen LogP contribution in [0.5, 0.6) is 5.75 Å². The second-order valence-corrected chi connectivity index (χ2v) is 11.0. The summed E-state index contributed by atoms with van der Waals surface area (Å²) >= 11 is 0. The summed E-state index contributed by atoms with van der Waals surface area (Å²) in [5, 5.41) is 11.8. The van der Waals surface area contributed by atoms with Crippen molar-refractivity contribution in [3.05, 3.63) is 46.7 Å². The highest BCUT2D eigenvalue weighted by Crippen LogP contribution is 2.49. The van der Waals surface area contributed by atoms with Crippen LogP contribution in [0.25, 0.3) is 10.9 Å². The molecule has 1 unspecified atom stereocenters. The van der Waals surface area contributed by atoms with Crippen molar-refractivity contribution in [2.45, 2.75) is 51.8 Å². The molecular weight excluding hydrogens is 487 g/mol. The number of benzene rings is 1. The number of aromatic nitrogens is 1. The van der Waals surface area contributed by atoms with Gasteiger partial charge in [0.2, 0.25) is 0 Å². The van der Waals surface area contributed by atoms with Crippen LogP contribution in [0.2, 0.25) is 0 Å². The lowest BCUT2D eigenvalue weighted by Crippen LogP contribution is -2.51. The van der Waals surface area contributed by atoms with Gasteiger partial charge in [0, 0.05) is 11.9 Å². The molecule has 1 N–H and O–H groups in total. The van der Waals surface area contributed by atoms with Crippen LogP contribution in [0, 0.1) is 0 Å². The van der Waals surface area contributed by atoms with E-state index in [2.05, 4.69) is 0 Å². The van der Waals surface area contributed by atoms with Gasteiger partial charge in [-0.15, -0.1) is 0 Å². The quantitative estimate of drug-likeness (QED) is 0.414. The molecule has 1 aromatic heterocycles. The molecule has 0 saturated heterocycles. The third-order valence-corrected chi connectivity index (χ3v) is 8.70. The number of carbonyl (C=O) groups excluding carboxylic acids is 2. The van der Waals surface area contributed by atoms with Crippen molar-refractivity contribution in [3.63, 3.8) is 0 Å². The molecule has 0 saturated carbocycles. The Hall–Kier alpha value is -2.78. The molecule has 36 heavy (non-hydrogen) atoms. The fraction of sp³-hybridized carbons (Fsp3) is 0.480. The van der Waals surface area contributed by atoms with Crippen molar-refractivity contribution in [3.8, 4) is 5.75 Å².